The standard InChI is InChI=1S/C3H10N4O2S2/c1-5-2-6-7-3(10-2)11(4,8)9/h2-3,5-7H,1H3,(H2,4,8,9)/t2-,3-/m1/s1. The lowest BCUT2D eigenvalue weighted by Gasteiger charge is -2.04. The molecule has 6 nitrogen and oxygen atoms in total. The molecule has 66 valence electrons. The molecule has 1 heterocycles. The SMILES string of the molecule is CN[C@@H]1NN[C@@H](S(N)(=O)=O)S1. The van der Waals surface area contributed by atoms with Gasteiger partial charge < -0.3 is 0 Å². The lowest BCUT2D eigenvalue weighted by Crippen LogP contribution is -2.42. The molecule has 0 unspecified atom stereocenters. The van der Waals surface area contributed by atoms with Crippen LogP contribution in [0.4, 0.5) is 0 Å². The molecule has 11 heavy (non-hydrogen) atoms. The molecule has 0 aromatic rings. The van der Waals surface area contributed by atoms with Gasteiger partial charge in [-0.15, -0.1) is 0 Å². The number of nitrogens with two attached hydrogens (primary N) is 1. The van der Waals surface area contributed by atoms with Crippen molar-refractivity contribution in [2.45, 2.75) is 10.2 Å². The van der Waals surface area contributed by atoms with Crippen molar-refractivity contribution in [2.75, 3.05) is 7.05 Å². The topological polar surface area (TPSA) is 96.2 Å². The average Bonchev–Trinajstić information content (AvgIpc) is 2.32. The fourth-order valence-electron chi connectivity index (χ4n) is 0.635. The molecule has 1 fully saturated rings. The summed E-state index contributed by atoms with van der Waals surface area (Å²) in [6, 6.07) is 0. The van der Waals surface area contributed by atoms with E-state index in [0.29, 0.717) is 0 Å². The lowest BCUT2D eigenvalue weighted by atomic mass is 11.0. The summed E-state index contributed by atoms with van der Waals surface area (Å²) in [7, 11) is -1.78. The first-order chi connectivity index (χ1) is 5.04. The lowest BCUT2D eigenvalue weighted by molar-refractivity contribution is 0.523. The van der Waals surface area contributed by atoms with Crippen LogP contribution in [0, 0.1) is 0 Å². The van der Waals surface area contributed by atoms with Crippen molar-refractivity contribution in [3.05, 3.63) is 0 Å². The summed E-state index contributed by atoms with van der Waals surface area (Å²) < 4.78 is 20.7. The zero-order chi connectivity index (χ0) is 8.48. The Balaban J connectivity index is 2.55. The molecule has 0 bridgehead atoms. The second-order valence-electron chi connectivity index (χ2n) is 2.01. The van der Waals surface area contributed by atoms with Crippen LogP contribution in [0.5, 0.6) is 0 Å². The second kappa shape index (κ2) is 3.25. The largest absolute Gasteiger partial charge is 0.295 e. The summed E-state index contributed by atoms with van der Waals surface area (Å²) in [5, 5.41) is 7.71. The molecule has 2 atom stereocenters. The van der Waals surface area contributed by atoms with Crippen LogP contribution in [0.25, 0.3) is 0 Å². The average molecular weight is 198 g/mol. The first-order valence-electron chi connectivity index (χ1n) is 2.89. The Hall–Kier alpha value is 0.140. The van der Waals surface area contributed by atoms with Gasteiger partial charge in [0, 0.05) is 0 Å². The van der Waals surface area contributed by atoms with Gasteiger partial charge in [-0.25, -0.2) is 24.4 Å². The highest BCUT2D eigenvalue weighted by atomic mass is 32.3. The van der Waals surface area contributed by atoms with Gasteiger partial charge in [0.1, 0.15) is 5.50 Å². The van der Waals surface area contributed by atoms with Crippen molar-refractivity contribution in [3.8, 4) is 0 Å². The van der Waals surface area contributed by atoms with E-state index in [-0.39, 0.29) is 5.50 Å². The van der Waals surface area contributed by atoms with Gasteiger partial charge in [-0.2, -0.15) is 0 Å². The Kier molecular flexibility index (Phi) is 2.73. The maximum Gasteiger partial charge on any atom is 0.236 e. The van der Waals surface area contributed by atoms with E-state index in [2.05, 4.69) is 16.2 Å². The second-order valence-corrected chi connectivity index (χ2v) is 5.18. The number of rotatable bonds is 2. The molecule has 0 aromatic heterocycles. The molecule has 5 N–H and O–H groups in total. The number of nitrogens with one attached hydrogen (secondary N) is 3. The van der Waals surface area contributed by atoms with Crippen LogP contribution in [0.3, 0.4) is 0 Å². The Morgan fingerprint density at radius 3 is 2.45 bits per heavy atom. The molecule has 0 radical (unpaired) electrons. The van der Waals surface area contributed by atoms with Crippen LogP contribution >= 0.6 is 11.8 Å². The summed E-state index contributed by atoms with van der Waals surface area (Å²) in [6.45, 7) is 0. The monoisotopic (exact) mass is 198 g/mol. The Morgan fingerprint density at radius 1 is 1.55 bits per heavy atom. The number of sulfonamides is 1. The maximum atomic E-state index is 10.7. The fourth-order valence-corrected chi connectivity index (χ4v) is 2.48. The van der Waals surface area contributed by atoms with E-state index in [9.17, 15) is 8.42 Å². The Morgan fingerprint density at radius 2 is 2.18 bits per heavy atom. The molecule has 1 rings (SSSR count). The molecule has 1 aliphatic heterocycles. The quantitative estimate of drug-likeness (QED) is 0.406. The summed E-state index contributed by atoms with van der Waals surface area (Å²) in [5.41, 5.74) is 5.13. The van der Waals surface area contributed by atoms with Gasteiger partial charge in [-0.3, -0.25) is 5.32 Å². The fraction of sp³-hybridized carbons (Fsp3) is 1.00. The van der Waals surface area contributed by atoms with Crippen LogP contribution < -0.4 is 21.3 Å². The van der Waals surface area contributed by atoms with Gasteiger partial charge in [0.05, 0.1) is 0 Å². The van der Waals surface area contributed by atoms with Gasteiger partial charge in [0.2, 0.25) is 10.0 Å². The van der Waals surface area contributed by atoms with Crippen LogP contribution in [0.2, 0.25) is 0 Å². The Labute approximate surface area is 69.3 Å². The van der Waals surface area contributed by atoms with E-state index in [1.807, 2.05) is 0 Å². The minimum atomic E-state index is -3.50. The summed E-state index contributed by atoms with van der Waals surface area (Å²) in [5.74, 6) is 0. The van der Waals surface area contributed by atoms with E-state index in [0.717, 1.165) is 0 Å². The molecule has 8 heteroatoms. The van der Waals surface area contributed by atoms with E-state index in [4.69, 9.17) is 5.14 Å². The molecule has 0 amide bonds. The van der Waals surface area contributed by atoms with Gasteiger partial charge in [0.15, 0.2) is 4.71 Å². The van der Waals surface area contributed by atoms with Crippen LogP contribution in [0.1, 0.15) is 0 Å². The molecule has 0 aliphatic carbocycles. The normalized spacial score (nSPS) is 32.5. The molecule has 1 saturated heterocycles. The number of primary sulfonamides is 1. The maximum absolute atomic E-state index is 10.7. The Bertz CT molecular complexity index is 227. The van der Waals surface area contributed by atoms with Crippen molar-refractivity contribution in [2.24, 2.45) is 5.14 Å². The summed E-state index contributed by atoms with van der Waals surface area (Å²) in [4.78, 5) is 0. The van der Waals surface area contributed by atoms with Crippen molar-refractivity contribution < 1.29 is 8.42 Å². The smallest absolute Gasteiger partial charge is 0.236 e. The number of thioether (sulfide) groups is 1. The molecule has 0 spiro atoms. The van der Waals surface area contributed by atoms with Crippen molar-refractivity contribution in [1.82, 2.24) is 16.2 Å². The third kappa shape index (κ3) is 2.29. The zero-order valence-electron chi connectivity index (χ0n) is 5.87. The van der Waals surface area contributed by atoms with Crippen LogP contribution in [0.15, 0.2) is 0 Å². The van der Waals surface area contributed by atoms with E-state index in [1.54, 1.807) is 7.05 Å². The van der Waals surface area contributed by atoms with Gasteiger partial charge >= 0.3 is 0 Å². The van der Waals surface area contributed by atoms with Crippen LogP contribution in [-0.2, 0) is 10.0 Å². The number of hydrazine groups is 1. The van der Waals surface area contributed by atoms with E-state index >= 15 is 0 Å². The molecule has 0 aromatic carbocycles. The van der Waals surface area contributed by atoms with Crippen molar-refractivity contribution in [3.63, 3.8) is 0 Å². The zero-order valence-corrected chi connectivity index (χ0v) is 7.50. The molecule has 0 saturated carbocycles. The first-order valence-corrected chi connectivity index (χ1v) is 5.44. The van der Waals surface area contributed by atoms with Crippen LogP contribution in [-0.4, -0.2) is 25.7 Å². The van der Waals surface area contributed by atoms with Gasteiger partial charge in [-0.1, -0.05) is 11.8 Å². The third-order valence-electron chi connectivity index (χ3n) is 1.15. The first kappa shape index (κ1) is 9.23. The van der Waals surface area contributed by atoms with Crippen molar-refractivity contribution in [1.29, 1.82) is 0 Å². The van der Waals surface area contributed by atoms with E-state index < -0.39 is 14.7 Å². The van der Waals surface area contributed by atoms with Crippen molar-refractivity contribution >= 4 is 21.8 Å². The molecular weight excluding hydrogens is 188 g/mol. The molecular formula is C3H10N4O2S2. The number of hydrogen-bond acceptors (Lipinski definition) is 6. The molecule has 1 aliphatic rings. The third-order valence-corrected chi connectivity index (χ3v) is 4.00. The highest BCUT2D eigenvalue weighted by Crippen LogP contribution is 2.19. The summed E-state index contributed by atoms with van der Waals surface area (Å²) >= 11 is 1.17. The van der Waals surface area contributed by atoms with Gasteiger partial charge in [0.25, 0.3) is 0 Å². The van der Waals surface area contributed by atoms with E-state index in [1.165, 1.54) is 11.8 Å². The number of hydrogen-bond donors (Lipinski definition) is 4. The highest BCUT2D eigenvalue weighted by molar-refractivity contribution is 8.13. The van der Waals surface area contributed by atoms with Gasteiger partial charge in [-0.05, 0) is 7.05 Å². The predicted octanol–water partition coefficient (Wildman–Crippen LogP) is -2.10. The predicted molar refractivity (Wildman–Crippen MR) is 43.6 cm³/mol. The minimum Gasteiger partial charge on any atom is -0.295 e. The summed E-state index contributed by atoms with van der Waals surface area (Å²) in [6.07, 6.45) is 0. The highest BCUT2D eigenvalue weighted by Gasteiger charge is 2.31. The minimum absolute atomic E-state index is 0.113.